The number of pyridine rings is 1. The smallest absolute Gasteiger partial charge is 0.413 e. The van der Waals surface area contributed by atoms with Crippen LogP contribution in [0.1, 0.15) is 65.6 Å². The number of hydrogen-bond donors (Lipinski definition) is 2. The number of carbonyl (C=O) groups is 2. The molecular weight excluding hydrogens is 450 g/mol. The highest BCUT2D eigenvalue weighted by molar-refractivity contribution is 5.83. The minimum absolute atomic E-state index is 0.126. The zero-order chi connectivity index (χ0) is 26.2. The molecule has 1 aromatic heterocycles. The zero-order valence-corrected chi connectivity index (χ0v) is 22.3. The Bertz CT molecular complexity index is 846. The molecule has 0 unspecified atom stereocenters. The third-order valence-corrected chi connectivity index (χ3v) is 5.38. The minimum atomic E-state index is -0.601. The summed E-state index contributed by atoms with van der Waals surface area (Å²) in [7, 11) is 0. The summed E-state index contributed by atoms with van der Waals surface area (Å²) in [4.78, 5) is 31.3. The van der Waals surface area contributed by atoms with Crippen molar-refractivity contribution in [3.63, 3.8) is 0 Å². The molecule has 2 atom stereocenters. The number of aliphatic hydroxyl groups is 1. The quantitative estimate of drug-likeness (QED) is 0.486. The van der Waals surface area contributed by atoms with Crippen LogP contribution in [-0.2, 0) is 20.6 Å². The minimum Gasteiger partial charge on any atom is -0.444 e. The van der Waals surface area contributed by atoms with Gasteiger partial charge in [0.25, 0.3) is 0 Å². The Morgan fingerprint density at radius 2 is 1.71 bits per heavy atom. The zero-order valence-electron chi connectivity index (χ0n) is 22.3. The predicted molar refractivity (Wildman–Crippen MR) is 134 cm³/mol. The maximum atomic E-state index is 12.7. The summed E-state index contributed by atoms with van der Waals surface area (Å²) in [5.41, 5.74) is 0.638. The third kappa shape index (κ3) is 10.8. The molecule has 1 saturated heterocycles. The SMILES string of the molecule is Cc1cc(C[C@@H]2CN(C(=O)OC(C)(C)C)C[C@H]2COCCCCO)nc(NC(=O)OC(C)(C)C)c1. The van der Waals surface area contributed by atoms with E-state index in [4.69, 9.17) is 19.3 Å². The summed E-state index contributed by atoms with van der Waals surface area (Å²) >= 11 is 0. The van der Waals surface area contributed by atoms with E-state index in [0.29, 0.717) is 45.0 Å². The first-order valence-corrected chi connectivity index (χ1v) is 12.4. The number of hydrogen-bond acceptors (Lipinski definition) is 7. The number of carbonyl (C=O) groups excluding carboxylic acids is 2. The maximum Gasteiger partial charge on any atom is 0.413 e. The second kappa shape index (κ2) is 12.5. The fourth-order valence-corrected chi connectivity index (χ4v) is 3.97. The van der Waals surface area contributed by atoms with Crippen molar-refractivity contribution in [1.29, 1.82) is 0 Å². The molecule has 0 radical (unpaired) electrons. The van der Waals surface area contributed by atoms with Crippen LogP contribution in [0, 0.1) is 18.8 Å². The van der Waals surface area contributed by atoms with Crippen molar-refractivity contribution in [2.24, 2.45) is 11.8 Å². The van der Waals surface area contributed by atoms with Crippen LogP contribution in [0.15, 0.2) is 12.1 Å². The van der Waals surface area contributed by atoms with Crippen LogP contribution in [0.2, 0.25) is 0 Å². The molecule has 35 heavy (non-hydrogen) atoms. The van der Waals surface area contributed by atoms with Crippen LogP contribution in [0.3, 0.4) is 0 Å². The summed E-state index contributed by atoms with van der Waals surface area (Å²) in [5.74, 6) is 0.693. The average molecular weight is 494 g/mol. The molecule has 2 heterocycles. The molecule has 2 rings (SSSR count). The molecule has 2 amide bonds. The van der Waals surface area contributed by atoms with Crippen molar-refractivity contribution < 1.29 is 28.9 Å². The van der Waals surface area contributed by atoms with Gasteiger partial charge >= 0.3 is 12.2 Å². The monoisotopic (exact) mass is 493 g/mol. The number of anilines is 1. The van der Waals surface area contributed by atoms with Crippen molar-refractivity contribution in [3.05, 3.63) is 23.4 Å². The standard InChI is InChI=1S/C26H43N3O6/c1-18-12-21(27-22(13-18)28-23(31)34-25(2,3)4)14-19-15-29(24(32)35-26(5,6)7)16-20(19)17-33-11-9-8-10-30/h12-13,19-20,30H,8-11,14-17H2,1-7H3,(H,27,28,31)/t19-,20+/m1/s1. The summed E-state index contributed by atoms with van der Waals surface area (Å²) in [6, 6.07) is 3.80. The van der Waals surface area contributed by atoms with Gasteiger partial charge in [-0.15, -0.1) is 0 Å². The van der Waals surface area contributed by atoms with E-state index < -0.39 is 17.3 Å². The second-order valence-electron chi connectivity index (χ2n) is 11.3. The van der Waals surface area contributed by atoms with Gasteiger partial charge < -0.3 is 24.2 Å². The van der Waals surface area contributed by atoms with Crippen LogP contribution in [0.25, 0.3) is 0 Å². The van der Waals surface area contributed by atoms with Gasteiger partial charge in [0.05, 0.1) is 6.61 Å². The normalized spacial score (nSPS) is 18.5. The molecule has 0 aromatic carbocycles. The Labute approximate surface area is 209 Å². The van der Waals surface area contributed by atoms with Gasteiger partial charge in [-0.3, -0.25) is 5.32 Å². The molecule has 0 saturated carbocycles. The van der Waals surface area contributed by atoms with E-state index >= 15 is 0 Å². The number of amides is 2. The Morgan fingerprint density at radius 3 is 2.34 bits per heavy atom. The van der Waals surface area contributed by atoms with E-state index in [9.17, 15) is 9.59 Å². The summed E-state index contributed by atoms with van der Waals surface area (Å²) in [5, 5.41) is 11.7. The topological polar surface area (TPSA) is 110 Å². The molecule has 1 aliphatic heterocycles. The van der Waals surface area contributed by atoms with Crippen LogP contribution in [0.4, 0.5) is 15.4 Å². The number of nitrogens with zero attached hydrogens (tertiary/aromatic N) is 2. The molecule has 1 aromatic rings. The van der Waals surface area contributed by atoms with Crippen LogP contribution < -0.4 is 5.32 Å². The Kier molecular flexibility index (Phi) is 10.3. The van der Waals surface area contributed by atoms with E-state index in [0.717, 1.165) is 17.7 Å². The molecule has 2 N–H and O–H groups in total. The summed E-state index contributed by atoms with van der Waals surface area (Å²) < 4.78 is 16.8. The first-order valence-electron chi connectivity index (χ1n) is 12.4. The van der Waals surface area contributed by atoms with Crippen molar-refractivity contribution >= 4 is 18.0 Å². The van der Waals surface area contributed by atoms with Gasteiger partial charge in [-0.1, -0.05) is 0 Å². The molecule has 0 bridgehead atoms. The lowest BCUT2D eigenvalue weighted by molar-refractivity contribution is 0.0272. The fourth-order valence-electron chi connectivity index (χ4n) is 3.97. The van der Waals surface area contributed by atoms with Crippen molar-refractivity contribution in [3.8, 4) is 0 Å². The van der Waals surface area contributed by atoms with Crippen LogP contribution in [0.5, 0.6) is 0 Å². The van der Waals surface area contributed by atoms with Crippen molar-refractivity contribution in [2.75, 3.05) is 38.2 Å². The van der Waals surface area contributed by atoms with Gasteiger partial charge in [0.15, 0.2) is 0 Å². The van der Waals surface area contributed by atoms with Gasteiger partial charge in [0.1, 0.15) is 17.0 Å². The summed E-state index contributed by atoms with van der Waals surface area (Å²) in [6.07, 6.45) is 1.26. The number of aromatic nitrogens is 1. The van der Waals surface area contributed by atoms with Crippen molar-refractivity contribution in [1.82, 2.24) is 9.88 Å². The molecule has 9 heteroatoms. The number of unbranched alkanes of at least 4 members (excludes halogenated alkanes) is 1. The van der Waals surface area contributed by atoms with E-state index in [-0.39, 0.29) is 24.5 Å². The average Bonchev–Trinajstić information content (AvgIpc) is 3.07. The van der Waals surface area contributed by atoms with Crippen LogP contribution in [-0.4, -0.2) is 71.3 Å². The maximum absolute atomic E-state index is 12.7. The summed E-state index contributed by atoms with van der Waals surface area (Å²) in [6.45, 7) is 15.3. The predicted octanol–water partition coefficient (Wildman–Crippen LogP) is 4.55. The molecule has 1 aliphatic rings. The highest BCUT2D eigenvalue weighted by Gasteiger charge is 2.37. The number of rotatable bonds is 9. The fraction of sp³-hybridized carbons (Fsp3) is 0.731. The number of nitrogens with one attached hydrogen (secondary N) is 1. The highest BCUT2D eigenvalue weighted by Crippen LogP contribution is 2.29. The van der Waals surface area contributed by atoms with Gasteiger partial charge in [-0.25, -0.2) is 14.6 Å². The van der Waals surface area contributed by atoms with E-state index in [1.807, 2.05) is 54.5 Å². The second-order valence-corrected chi connectivity index (χ2v) is 11.3. The molecule has 0 aliphatic carbocycles. The van der Waals surface area contributed by atoms with Crippen molar-refractivity contribution in [2.45, 2.75) is 78.9 Å². The van der Waals surface area contributed by atoms with E-state index in [1.165, 1.54) is 0 Å². The van der Waals surface area contributed by atoms with E-state index in [2.05, 4.69) is 10.3 Å². The Morgan fingerprint density at radius 1 is 1.06 bits per heavy atom. The van der Waals surface area contributed by atoms with Gasteiger partial charge in [-0.05, 0) is 91.3 Å². The highest BCUT2D eigenvalue weighted by atomic mass is 16.6. The Balaban J connectivity index is 2.11. The number of ether oxygens (including phenoxy) is 3. The Hall–Kier alpha value is -2.39. The number of aryl methyl sites for hydroxylation is 1. The first kappa shape index (κ1) is 28.8. The van der Waals surface area contributed by atoms with Gasteiger partial charge in [0.2, 0.25) is 0 Å². The number of aliphatic hydroxyl groups excluding tert-OH is 1. The lowest BCUT2D eigenvalue weighted by Gasteiger charge is -2.24. The first-order chi connectivity index (χ1) is 16.3. The molecule has 1 fully saturated rings. The van der Waals surface area contributed by atoms with Gasteiger partial charge in [0, 0.05) is 37.9 Å². The van der Waals surface area contributed by atoms with E-state index in [1.54, 1.807) is 11.0 Å². The lowest BCUT2D eigenvalue weighted by Crippen LogP contribution is -2.35. The molecular formula is C26H43N3O6. The number of likely N-dealkylation sites (tertiary alicyclic amines) is 1. The largest absolute Gasteiger partial charge is 0.444 e. The molecule has 198 valence electrons. The lowest BCUT2D eigenvalue weighted by atomic mass is 9.91. The third-order valence-electron chi connectivity index (χ3n) is 5.38. The van der Waals surface area contributed by atoms with Gasteiger partial charge in [-0.2, -0.15) is 0 Å². The molecule has 0 spiro atoms. The van der Waals surface area contributed by atoms with Crippen LogP contribution >= 0.6 is 0 Å². The molecule has 9 nitrogen and oxygen atoms in total.